The van der Waals surface area contributed by atoms with E-state index in [9.17, 15) is 9.59 Å². The molecule has 0 radical (unpaired) electrons. The standard InChI is InChI=1S/C26H32N4O3/c1-15-6-11-21-23(29(15)26(32)17-7-8-17)13-12-20(24(21)33-19-4-3-5-19)22-14-27-30(18-9-10-18)25(22)28-16(2)31/h12-15,17-19H,3-11H2,1-2H3,(H,28,31)/t15-/m0/s1. The molecule has 3 saturated carbocycles. The molecule has 33 heavy (non-hydrogen) atoms. The van der Waals surface area contributed by atoms with Crippen LogP contribution >= 0.6 is 0 Å². The Kier molecular flexibility index (Phi) is 4.96. The van der Waals surface area contributed by atoms with Crippen LogP contribution < -0.4 is 15.0 Å². The van der Waals surface area contributed by atoms with Gasteiger partial charge in [-0.2, -0.15) is 5.10 Å². The monoisotopic (exact) mass is 448 g/mol. The molecule has 1 atom stereocenters. The minimum atomic E-state index is -0.104. The smallest absolute Gasteiger partial charge is 0.230 e. The summed E-state index contributed by atoms with van der Waals surface area (Å²) in [5, 5.41) is 7.67. The first-order chi connectivity index (χ1) is 16.0. The first-order valence-corrected chi connectivity index (χ1v) is 12.5. The summed E-state index contributed by atoms with van der Waals surface area (Å²) in [6.07, 6.45) is 11.4. The molecule has 4 aliphatic rings. The third-order valence-electron chi connectivity index (χ3n) is 7.52. The van der Waals surface area contributed by atoms with Gasteiger partial charge >= 0.3 is 0 Å². The van der Waals surface area contributed by atoms with Gasteiger partial charge in [-0.1, -0.05) is 0 Å². The normalized spacial score (nSPS) is 22.5. The minimum Gasteiger partial charge on any atom is -0.489 e. The van der Waals surface area contributed by atoms with Crippen LogP contribution in [0.5, 0.6) is 5.75 Å². The van der Waals surface area contributed by atoms with Gasteiger partial charge in [-0.15, -0.1) is 0 Å². The number of ether oxygens (including phenoxy) is 1. The van der Waals surface area contributed by atoms with Crippen molar-refractivity contribution in [2.24, 2.45) is 5.92 Å². The van der Waals surface area contributed by atoms with E-state index in [0.29, 0.717) is 6.04 Å². The molecule has 7 nitrogen and oxygen atoms in total. The average molecular weight is 449 g/mol. The zero-order valence-corrected chi connectivity index (χ0v) is 19.5. The number of nitrogens with one attached hydrogen (secondary N) is 1. The van der Waals surface area contributed by atoms with Crippen molar-refractivity contribution in [1.82, 2.24) is 9.78 Å². The number of carbonyl (C=O) groups excluding carboxylic acids is 2. The largest absolute Gasteiger partial charge is 0.489 e. The fraction of sp³-hybridized carbons (Fsp3) is 0.577. The summed E-state index contributed by atoms with van der Waals surface area (Å²) in [5.41, 5.74) is 3.98. The fourth-order valence-corrected chi connectivity index (χ4v) is 5.12. The molecule has 6 rings (SSSR count). The molecular weight excluding hydrogens is 416 g/mol. The van der Waals surface area contributed by atoms with E-state index in [1.54, 1.807) is 0 Å². The number of aromatic nitrogens is 2. The molecule has 0 unspecified atom stereocenters. The number of hydrogen-bond acceptors (Lipinski definition) is 4. The molecule has 2 amide bonds. The maximum atomic E-state index is 13.2. The van der Waals surface area contributed by atoms with Crippen molar-refractivity contribution < 1.29 is 14.3 Å². The Morgan fingerprint density at radius 2 is 1.85 bits per heavy atom. The third kappa shape index (κ3) is 3.71. The Labute approximate surface area is 194 Å². The van der Waals surface area contributed by atoms with Gasteiger partial charge in [0.1, 0.15) is 11.6 Å². The van der Waals surface area contributed by atoms with Crippen LogP contribution in [0, 0.1) is 5.92 Å². The van der Waals surface area contributed by atoms with Crippen LogP contribution in [0.1, 0.15) is 76.8 Å². The summed E-state index contributed by atoms with van der Waals surface area (Å²) in [6.45, 7) is 3.69. The molecule has 0 spiro atoms. The summed E-state index contributed by atoms with van der Waals surface area (Å²) in [6, 6.07) is 4.69. The highest BCUT2D eigenvalue weighted by Crippen LogP contribution is 2.48. The number of carbonyl (C=O) groups is 2. The highest BCUT2D eigenvalue weighted by Gasteiger charge is 2.40. The Balaban J connectivity index is 1.48. The van der Waals surface area contributed by atoms with Crippen molar-refractivity contribution in [3.63, 3.8) is 0 Å². The van der Waals surface area contributed by atoms with E-state index < -0.39 is 0 Å². The Morgan fingerprint density at radius 1 is 1.06 bits per heavy atom. The van der Waals surface area contributed by atoms with Crippen LogP contribution in [-0.2, 0) is 16.0 Å². The number of nitrogens with zero attached hydrogens (tertiary/aromatic N) is 3. The summed E-state index contributed by atoms with van der Waals surface area (Å²) < 4.78 is 8.58. The Morgan fingerprint density at radius 3 is 2.48 bits per heavy atom. The number of hydrogen-bond donors (Lipinski definition) is 1. The number of fused-ring (bicyclic) bond motifs is 1. The third-order valence-corrected chi connectivity index (χ3v) is 7.52. The first kappa shape index (κ1) is 20.8. The van der Waals surface area contributed by atoms with Gasteiger partial charge in [-0.25, -0.2) is 4.68 Å². The molecular formula is C26H32N4O3. The average Bonchev–Trinajstić information content (AvgIpc) is 3.68. The number of benzene rings is 1. The first-order valence-electron chi connectivity index (χ1n) is 12.5. The van der Waals surface area contributed by atoms with Crippen LogP contribution in [0.4, 0.5) is 11.5 Å². The zero-order valence-electron chi connectivity index (χ0n) is 19.5. The molecule has 2 heterocycles. The Hall–Kier alpha value is -2.83. The van der Waals surface area contributed by atoms with Gasteiger partial charge in [0.05, 0.1) is 24.0 Å². The lowest BCUT2D eigenvalue weighted by molar-refractivity contribution is -0.120. The molecule has 3 fully saturated rings. The van der Waals surface area contributed by atoms with Gasteiger partial charge in [0.15, 0.2) is 0 Å². The van der Waals surface area contributed by atoms with Crippen LogP contribution in [0.15, 0.2) is 18.3 Å². The molecule has 1 N–H and O–H groups in total. The van der Waals surface area contributed by atoms with Gasteiger partial charge < -0.3 is 15.0 Å². The lowest BCUT2D eigenvalue weighted by Crippen LogP contribution is -2.43. The van der Waals surface area contributed by atoms with Crippen LogP contribution in [-0.4, -0.2) is 33.7 Å². The number of rotatable bonds is 6. The van der Waals surface area contributed by atoms with E-state index in [1.165, 1.54) is 13.3 Å². The summed E-state index contributed by atoms with van der Waals surface area (Å²) in [5.74, 6) is 1.95. The lowest BCUT2D eigenvalue weighted by atomic mass is 9.90. The van der Waals surface area contributed by atoms with E-state index in [4.69, 9.17) is 4.74 Å². The van der Waals surface area contributed by atoms with E-state index in [2.05, 4.69) is 29.5 Å². The van der Waals surface area contributed by atoms with Crippen molar-refractivity contribution in [3.8, 4) is 16.9 Å². The van der Waals surface area contributed by atoms with E-state index >= 15 is 0 Å². The molecule has 1 aromatic carbocycles. The van der Waals surface area contributed by atoms with E-state index in [1.807, 2.05) is 15.8 Å². The molecule has 7 heteroatoms. The van der Waals surface area contributed by atoms with Gasteiger partial charge in [0.25, 0.3) is 0 Å². The van der Waals surface area contributed by atoms with E-state index in [-0.39, 0.29) is 29.9 Å². The minimum absolute atomic E-state index is 0.104. The molecule has 3 aliphatic carbocycles. The lowest BCUT2D eigenvalue weighted by Gasteiger charge is -2.38. The van der Waals surface area contributed by atoms with Crippen molar-refractivity contribution in [1.29, 1.82) is 0 Å². The fourth-order valence-electron chi connectivity index (χ4n) is 5.12. The summed E-state index contributed by atoms with van der Waals surface area (Å²) in [7, 11) is 0. The summed E-state index contributed by atoms with van der Waals surface area (Å²) in [4.78, 5) is 27.2. The van der Waals surface area contributed by atoms with Gasteiger partial charge in [0, 0.05) is 35.6 Å². The number of anilines is 2. The highest BCUT2D eigenvalue weighted by molar-refractivity contribution is 6.00. The second-order valence-corrected chi connectivity index (χ2v) is 10.2. The topological polar surface area (TPSA) is 76.5 Å². The van der Waals surface area contributed by atoms with Crippen molar-refractivity contribution in [2.75, 3.05) is 10.2 Å². The highest BCUT2D eigenvalue weighted by atomic mass is 16.5. The maximum absolute atomic E-state index is 13.2. The second-order valence-electron chi connectivity index (χ2n) is 10.2. The molecule has 2 aromatic rings. The quantitative estimate of drug-likeness (QED) is 0.685. The Bertz CT molecular complexity index is 1110. The molecule has 174 valence electrons. The van der Waals surface area contributed by atoms with Crippen molar-refractivity contribution in [3.05, 3.63) is 23.9 Å². The van der Waals surface area contributed by atoms with E-state index in [0.717, 1.165) is 85.3 Å². The number of amides is 2. The predicted octanol–water partition coefficient (Wildman–Crippen LogP) is 4.85. The van der Waals surface area contributed by atoms with Gasteiger partial charge in [-0.3, -0.25) is 9.59 Å². The van der Waals surface area contributed by atoms with Crippen LogP contribution in [0.25, 0.3) is 11.1 Å². The van der Waals surface area contributed by atoms with Gasteiger partial charge in [-0.05, 0) is 76.8 Å². The second kappa shape index (κ2) is 7.89. The van der Waals surface area contributed by atoms with Crippen molar-refractivity contribution in [2.45, 2.75) is 89.8 Å². The van der Waals surface area contributed by atoms with Gasteiger partial charge in [0.2, 0.25) is 11.8 Å². The summed E-state index contributed by atoms with van der Waals surface area (Å²) >= 11 is 0. The maximum Gasteiger partial charge on any atom is 0.230 e. The molecule has 1 aliphatic heterocycles. The van der Waals surface area contributed by atoms with Crippen LogP contribution in [0.2, 0.25) is 0 Å². The SMILES string of the molecule is CC(=O)Nc1c(-c2ccc3c(c2OC2CCC2)CC[C@H](C)N3C(=O)C2CC2)cnn1C1CC1. The molecule has 0 bridgehead atoms. The van der Waals surface area contributed by atoms with Crippen molar-refractivity contribution >= 4 is 23.3 Å². The predicted molar refractivity (Wildman–Crippen MR) is 126 cm³/mol. The zero-order chi connectivity index (χ0) is 22.7. The molecule has 0 saturated heterocycles. The van der Waals surface area contributed by atoms with Crippen LogP contribution in [0.3, 0.4) is 0 Å². The molecule has 1 aromatic heterocycles.